The Morgan fingerprint density at radius 1 is 1.12 bits per heavy atom. The molecule has 0 saturated carbocycles. The number of piperazine rings is 1. The molecule has 0 atom stereocenters. The summed E-state index contributed by atoms with van der Waals surface area (Å²) in [5.74, 6) is 0.910. The van der Waals surface area contributed by atoms with Gasteiger partial charge in [0.05, 0.1) is 6.54 Å². The molecule has 2 rings (SSSR count). The Kier molecular flexibility index (Phi) is 9.29. The van der Waals surface area contributed by atoms with Crippen LogP contribution in [0.3, 0.4) is 0 Å². The van der Waals surface area contributed by atoms with E-state index in [1.807, 2.05) is 0 Å². The molecule has 1 saturated heterocycles. The second-order valence-corrected chi connectivity index (χ2v) is 7.56. The van der Waals surface area contributed by atoms with E-state index in [1.54, 1.807) is 11.8 Å². The van der Waals surface area contributed by atoms with Crippen molar-refractivity contribution in [1.82, 2.24) is 20.4 Å². The Morgan fingerprint density at radius 2 is 1.85 bits per heavy atom. The smallest absolute Gasteiger partial charge is 0.191 e. The van der Waals surface area contributed by atoms with Gasteiger partial charge in [0.1, 0.15) is 0 Å². The SMILES string of the molecule is CCNC(=NCc1ccc(C)cc1SC)NCCN1CCN(CC)CC1. The van der Waals surface area contributed by atoms with Crippen LogP contribution in [0.1, 0.15) is 25.0 Å². The van der Waals surface area contributed by atoms with Gasteiger partial charge in [0.2, 0.25) is 0 Å². The van der Waals surface area contributed by atoms with Gasteiger partial charge in [-0.05, 0) is 43.8 Å². The minimum absolute atomic E-state index is 0.709. The zero-order valence-electron chi connectivity index (χ0n) is 16.8. The fourth-order valence-electron chi connectivity index (χ4n) is 3.15. The van der Waals surface area contributed by atoms with Crippen LogP contribution >= 0.6 is 11.8 Å². The van der Waals surface area contributed by atoms with Crippen molar-refractivity contribution in [1.29, 1.82) is 0 Å². The van der Waals surface area contributed by atoms with Crippen molar-refractivity contribution in [2.45, 2.75) is 32.2 Å². The molecule has 0 amide bonds. The highest BCUT2D eigenvalue weighted by Gasteiger charge is 2.14. The van der Waals surface area contributed by atoms with E-state index in [9.17, 15) is 0 Å². The minimum Gasteiger partial charge on any atom is -0.357 e. The molecule has 1 aliphatic heterocycles. The van der Waals surface area contributed by atoms with E-state index < -0.39 is 0 Å². The van der Waals surface area contributed by atoms with Gasteiger partial charge < -0.3 is 15.5 Å². The molecule has 2 N–H and O–H groups in total. The predicted molar refractivity (Wildman–Crippen MR) is 114 cm³/mol. The van der Waals surface area contributed by atoms with Crippen molar-refractivity contribution in [2.75, 3.05) is 58.6 Å². The summed E-state index contributed by atoms with van der Waals surface area (Å²) in [7, 11) is 0. The molecule has 0 aromatic heterocycles. The lowest BCUT2D eigenvalue weighted by Crippen LogP contribution is -2.49. The highest BCUT2D eigenvalue weighted by Crippen LogP contribution is 2.22. The Hall–Kier alpha value is -1.24. The molecule has 0 spiro atoms. The standard InChI is InChI=1S/C20H35N5S/c1-5-21-20(22-9-10-25-13-11-24(6-2)12-14-25)23-16-18-8-7-17(3)15-19(18)26-4/h7-8,15H,5-6,9-14,16H2,1-4H3,(H2,21,22,23). The summed E-state index contributed by atoms with van der Waals surface area (Å²) in [6.07, 6.45) is 2.13. The van der Waals surface area contributed by atoms with Crippen LogP contribution in [0.15, 0.2) is 28.1 Å². The normalized spacial score (nSPS) is 16.7. The maximum absolute atomic E-state index is 4.78. The number of aliphatic imine (C=N–C) groups is 1. The first kappa shape index (κ1) is 21.1. The Bertz CT molecular complexity index is 567. The van der Waals surface area contributed by atoms with Gasteiger partial charge in [0.25, 0.3) is 0 Å². The summed E-state index contributed by atoms with van der Waals surface area (Å²) in [5, 5.41) is 6.85. The van der Waals surface area contributed by atoms with Crippen LogP contribution in [0.5, 0.6) is 0 Å². The van der Waals surface area contributed by atoms with Gasteiger partial charge in [0.15, 0.2) is 5.96 Å². The van der Waals surface area contributed by atoms with E-state index in [-0.39, 0.29) is 0 Å². The largest absolute Gasteiger partial charge is 0.357 e. The van der Waals surface area contributed by atoms with Crippen molar-refractivity contribution in [3.8, 4) is 0 Å². The summed E-state index contributed by atoms with van der Waals surface area (Å²) < 4.78 is 0. The predicted octanol–water partition coefficient (Wildman–Crippen LogP) is 2.41. The van der Waals surface area contributed by atoms with Crippen LogP contribution in [-0.2, 0) is 6.54 Å². The number of thioether (sulfide) groups is 1. The number of nitrogens with zero attached hydrogens (tertiary/aromatic N) is 3. The van der Waals surface area contributed by atoms with Gasteiger partial charge >= 0.3 is 0 Å². The molecule has 5 nitrogen and oxygen atoms in total. The third-order valence-electron chi connectivity index (χ3n) is 4.83. The molecule has 1 fully saturated rings. The molecule has 0 bridgehead atoms. The molecule has 0 aliphatic carbocycles. The summed E-state index contributed by atoms with van der Waals surface area (Å²) in [5.41, 5.74) is 2.59. The van der Waals surface area contributed by atoms with Gasteiger partial charge in [-0.1, -0.05) is 19.1 Å². The van der Waals surface area contributed by atoms with E-state index in [0.29, 0.717) is 6.54 Å². The number of likely N-dealkylation sites (N-methyl/N-ethyl adjacent to an activating group) is 1. The molecular formula is C20H35N5S. The Morgan fingerprint density at radius 3 is 2.50 bits per heavy atom. The molecule has 26 heavy (non-hydrogen) atoms. The summed E-state index contributed by atoms with van der Waals surface area (Å²) >= 11 is 1.79. The number of hydrogen-bond acceptors (Lipinski definition) is 4. The van der Waals surface area contributed by atoms with Crippen molar-refractivity contribution < 1.29 is 0 Å². The monoisotopic (exact) mass is 377 g/mol. The van der Waals surface area contributed by atoms with Crippen LogP contribution in [0.4, 0.5) is 0 Å². The van der Waals surface area contributed by atoms with Crippen molar-refractivity contribution in [2.24, 2.45) is 4.99 Å². The fourth-order valence-corrected chi connectivity index (χ4v) is 3.85. The van der Waals surface area contributed by atoms with Gasteiger partial charge in [0, 0.05) is 50.7 Å². The van der Waals surface area contributed by atoms with Gasteiger partial charge in [-0.3, -0.25) is 4.90 Å². The molecule has 146 valence electrons. The lowest BCUT2D eigenvalue weighted by molar-refractivity contribution is 0.139. The van der Waals surface area contributed by atoms with E-state index in [2.05, 4.69) is 65.7 Å². The highest BCUT2D eigenvalue weighted by molar-refractivity contribution is 7.98. The average molecular weight is 378 g/mol. The average Bonchev–Trinajstić information content (AvgIpc) is 2.67. The minimum atomic E-state index is 0.709. The first-order chi connectivity index (χ1) is 12.7. The molecule has 1 aliphatic rings. The quantitative estimate of drug-likeness (QED) is 0.414. The first-order valence-corrected chi connectivity index (χ1v) is 11.0. The number of nitrogens with one attached hydrogen (secondary N) is 2. The second kappa shape index (κ2) is 11.5. The van der Waals surface area contributed by atoms with Crippen LogP contribution in [0, 0.1) is 6.92 Å². The van der Waals surface area contributed by atoms with Crippen molar-refractivity contribution in [3.05, 3.63) is 29.3 Å². The maximum atomic E-state index is 4.78. The number of rotatable bonds is 8. The zero-order chi connectivity index (χ0) is 18.8. The third-order valence-corrected chi connectivity index (χ3v) is 5.65. The molecule has 1 aromatic carbocycles. The van der Waals surface area contributed by atoms with Gasteiger partial charge in [-0.25, -0.2) is 4.99 Å². The number of aryl methyl sites for hydroxylation is 1. The number of benzene rings is 1. The molecule has 1 aromatic rings. The van der Waals surface area contributed by atoms with Crippen LogP contribution in [-0.4, -0.2) is 74.4 Å². The molecule has 6 heteroatoms. The fraction of sp³-hybridized carbons (Fsp3) is 0.650. The first-order valence-electron chi connectivity index (χ1n) is 9.76. The number of hydrogen-bond donors (Lipinski definition) is 2. The van der Waals surface area contributed by atoms with Crippen molar-refractivity contribution >= 4 is 17.7 Å². The van der Waals surface area contributed by atoms with Crippen molar-refractivity contribution in [3.63, 3.8) is 0 Å². The van der Waals surface area contributed by atoms with E-state index in [4.69, 9.17) is 4.99 Å². The lowest BCUT2D eigenvalue weighted by Gasteiger charge is -2.34. The van der Waals surface area contributed by atoms with Crippen LogP contribution < -0.4 is 10.6 Å². The Balaban J connectivity index is 1.83. The van der Waals surface area contributed by atoms with E-state index >= 15 is 0 Å². The van der Waals surface area contributed by atoms with Crippen LogP contribution in [0.2, 0.25) is 0 Å². The van der Waals surface area contributed by atoms with E-state index in [0.717, 1.165) is 25.6 Å². The maximum Gasteiger partial charge on any atom is 0.191 e. The lowest BCUT2D eigenvalue weighted by atomic mass is 10.1. The molecule has 0 unspecified atom stereocenters. The van der Waals surface area contributed by atoms with E-state index in [1.165, 1.54) is 48.7 Å². The van der Waals surface area contributed by atoms with Gasteiger partial charge in [-0.2, -0.15) is 0 Å². The topological polar surface area (TPSA) is 42.9 Å². The summed E-state index contributed by atoms with van der Waals surface area (Å²) in [6.45, 7) is 16.0. The second-order valence-electron chi connectivity index (χ2n) is 6.71. The molecule has 0 radical (unpaired) electrons. The number of guanidine groups is 1. The highest BCUT2D eigenvalue weighted by atomic mass is 32.2. The third kappa shape index (κ3) is 6.82. The Labute approximate surface area is 163 Å². The van der Waals surface area contributed by atoms with Gasteiger partial charge in [-0.15, -0.1) is 11.8 Å². The summed E-state index contributed by atoms with van der Waals surface area (Å²) in [6, 6.07) is 6.61. The summed E-state index contributed by atoms with van der Waals surface area (Å²) in [4.78, 5) is 11.2. The molecule has 1 heterocycles. The molecular weight excluding hydrogens is 342 g/mol. The zero-order valence-corrected chi connectivity index (χ0v) is 17.7. The van der Waals surface area contributed by atoms with Crippen LogP contribution in [0.25, 0.3) is 0 Å².